The first-order valence-corrected chi connectivity index (χ1v) is 10.4. The molecule has 2 heterocycles. The molecule has 0 radical (unpaired) electrons. The van der Waals surface area contributed by atoms with Gasteiger partial charge in [0.05, 0.1) is 13.2 Å². The van der Waals surface area contributed by atoms with Crippen LogP contribution in [0.3, 0.4) is 0 Å². The standard InChI is InChI=1S/C22H33ClN2O/c1-4-18(2)20(22(3,23)25-13-15-26-16-14-25)17-24-12-8-11-21(24)19-9-6-5-7-10-19/h5-7,9-10,21H,4,8,11-17H2,1-3H3. The molecule has 2 unspecified atom stereocenters. The minimum absolute atomic E-state index is 0.437. The van der Waals surface area contributed by atoms with Crippen LogP contribution in [0.5, 0.6) is 0 Å². The van der Waals surface area contributed by atoms with Crippen LogP contribution in [-0.4, -0.2) is 54.2 Å². The normalized spacial score (nSPS) is 25.8. The van der Waals surface area contributed by atoms with Gasteiger partial charge in [0.2, 0.25) is 0 Å². The predicted octanol–water partition coefficient (Wildman–Crippen LogP) is 4.84. The van der Waals surface area contributed by atoms with Crippen LogP contribution < -0.4 is 0 Å². The maximum Gasteiger partial charge on any atom is 0.116 e. The van der Waals surface area contributed by atoms with E-state index < -0.39 is 5.00 Å². The van der Waals surface area contributed by atoms with Crippen LogP contribution in [0.15, 0.2) is 41.5 Å². The number of benzene rings is 1. The number of rotatable bonds is 6. The van der Waals surface area contributed by atoms with Gasteiger partial charge in [-0.1, -0.05) is 54.4 Å². The Kier molecular flexibility index (Phi) is 6.79. The third-order valence-electron chi connectivity index (χ3n) is 6.11. The van der Waals surface area contributed by atoms with E-state index in [1.165, 1.54) is 29.6 Å². The Hall–Kier alpha value is -0.870. The fourth-order valence-corrected chi connectivity index (χ4v) is 4.72. The molecular formula is C22H33ClN2O. The van der Waals surface area contributed by atoms with E-state index >= 15 is 0 Å². The van der Waals surface area contributed by atoms with Crippen molar-refractivity contribution < 1.29 is 4.74 Å². The maximum absolute atomic E-state index is 7.21. The number of morpholine rings is 1. The average molecular weight is 377 g/mol. The highest BCUT2D eigenvalue weighted by Gasteiger charge is 2.38. The maximum atomic E-state index is 7.21. The van der Waals surface area contributed by atoms with Crippen LogP contribution >= 0.6 is 11.6 Å². The quantitative estimate of drug-likeness (QED) is 0.401. The van der Waals surface area contributed by atoms with Gasteiger partial charge in [-0.25, -0.2) is 0 Å². The summed E-state index contributed by atoms with van der Waals surface area (Å²) >= 11 is 7.21. The molecule has 0 amide bonds. The van der Waals surface area contributed by atoms with E-state index in [1.807, 2.05) is 0 Å². The second-order valence-electron chi connectivity index (χ2n) is 7.70. The summed E-state index contributed by atoms with van der Waals surface area (Å²) in [4.78, 5) is 4.58. The summed E-state index contributed by atoms with van der Waals surface area (Å²) in [5.74, 6) is 0. The largest absolute Gasteiger partial charge is 0.379 e. The van der Waals surface area contributed by atoms with E-state index in [-0.39, 0.29) is 0 Å². The van der Waals surface area contributed by atoms with E-state index in [0.717, 1.165) is 45.8 Å². The zero-order chi connectivity index (χ0) is 18.6. The van der Waals surface area contributed by atoms with Gasteiger partial charge in [0.15, 0.2) is 0 Å². The Morgan fingerprint density at radius 2 is 1.88 bits per heavy atom. The Morgan fingerprint density at radius 3 is 2.54 bits per heavy atom. The monoisotopic (exact) mass is 376 g/mol. The van der Waals surface area contributed by atoms with Crippen molar-refractivity contribution in [3.8, 4) is 0 Å². The molecule has 2 fully saturated rings. The van der Waals surface area contributed by atoms with E-state index in [9.17, 15) is 0 Å². The topological polar surface area (TPSA) is 15.7 Å². The summed E-state index contributed by atoms with van der Waals surface area (Å²) in [5.41, 5.74) is 4.24. The molecule has 0 N–H and O–H groups in total. The van der Waals surface area contributed by atoms with Gasteiger partial charge in [-0.15, -0.1) is 0 Å². The van der Waals surface area contributed by atoms with Gasteiger partial charge in [0.25, 0.3) is 0 Å². The molecule has 144 valence electrons. The van der Waals surface area contributed by atoms with Crippen LogP contribution in [0.2, 0.25) is 0 Å². The Balaban J connectivity index is 1.82. The average Bonchev–Trinajstić information content (AvgIpc) is 3.15. The molecule has 0 aromatic heterocycles. The molecule has 0 bridgehead atoms. The molecule has 2 saturated heterocycles. The van der Waals surface area contributed by atoms with E-state index in [2.05, 4.69) is 60.9 Å². The molecular weight excluding hydrogens is 344 g/mol. The Bertz CT molecular complexity index is 608. The van der Waals surface area contributed by atoms with Crippen LogP contribution in [0.25, 0.3) is 0 Å². The van der Waals surface area contributed by atoms with E-state index in [0.29, 0.717) is 6.04 Å². The molecule has 3 rings (SSSR count). The highest BCUT2D eigenvalue weighted by atomic mass is 35.5. The molecule has 2 atom stereocenters. The van der Waals surface area contributed by atoms with Crippen LogP contribution in [-0.2, 0) is 4.74 Å². The van der Waals surface area contributed by atoms with Crippen molar-refractivity contribution in [2.75, 3.05) is 39.4 Å². The van der Waals surface area contributed by atoms with Gasteiger partial charge in [-0.05, 0) is 50.8 Å². The number of alkyl halides is 1. The molecule has 4 heteroatoms. The number of allylic oxidation sites excluding steroid dienone is 1. The molecule has 2 aliphatic heterocycles. The lowest BCUT2D eigenvalue weighted by molar-refractivity contribution is 0.0158. The summed E-state index contributed by atoms with van der Waals surface area (Å²) in [5, 5.41) is 0. The highest BCUT2D eigenvalue weighted by molar-refractivity contribution is 6.25. The Morgan fingerprint density at radius 1 is 1.19 bits per heavy atom. The van der Waals surface area contributed by atoms with Gasteiger partial charge < -0.3 is 4.74 Å². The van der Waals surface area contributed by atoms with Crippen molar-refractivity contribution in [1.29, 1.82) is 0 Å². The van der Waals surface area contributed by atoms with Crippen LogP contribution in [0.1, 0.15) is 51.6 Å². The van der Waals surface area contributed by atoms with Gasteiger partial charge in [0, 0.05) is 25.7 Å². The van der Waals surface area contributed by atoms with Crippen molar-refractivity contribution in [2.24, 2.45) is 0 Å². The van der Waals surface area contributed by atoms with Crippen molar-refractivity contribution in [3.63, 3.8) is 0 Å². The van der Waals surface area contributed by atoms with Crippen LogP contribution in [0, 0.1) is 0 Å². The molecule has 3 nitrogen and oxygen atoms in total. The fraction of sp³-hybridized carbons (Fsp3) is 0.636. The molecule has 26 heavy (non-hydrogen) atoms. The summed E-state index contributed by atoms with van der Waals surface area (Å²) in [6.45, 7) is 12.1. The molecule has 1 aromatic carbocycles. The van der Waals surface area contributed by atoms with Gasteiger partial charge in [0.1, 0.15) is 5.00 Å². The lowest BCUT2D eigenvalue weighted by Gasteiger charge is -2.43. The third kappa shape index (κ3) is 4.33. The number of hydrogen-bond acceptors (Lipinski definition) is 3. The van der Waals surface area contributed by atoms with Gasteiger partial charge >= 0.3 is 0 Å². The second-order valence-corrected chi connectivity index (χ2v) is 8.44. The molecule has 0 saturated carbocycles. The first-order chi connectivity index (χ1) is 12.5. The number of hydrogen-bond donors (Lipinski definition) is 0. The summed E-state index contributed by atoms with van der Waals surface area (Å²) < 4.78 is 5.54. The molecule has 2 aliphatic rings. The minimum atomic E-state index is -0.437. The molecule has 1 aromatic rings. The van der Waals surface area contributed by atoms with Crippen molar-refractivity contribution in [2.45, 2.75) is 51.1 Å². The van der Waals surface area contributed by atoms with Crippen LogP contribution in [0.4, 0.5) is 0 Å². The number of nitrogens with zero attached hydrogens (tertiary/aromatic N) is 2. The zero-order valence-corrected chi connectivity index (χ0v) is 17.3. The van der Waals surface area contributed by atoms with E-state index in [1.54, 1.807) is 0 Å². The lowest BCUT2D eigenvalue weighted by atomic mass is 9.96. The SMILES string of the molecule is CCC(C)=C(CN1CCCC1c1ccccc1)C(C)(Cl)N1CCOCC1. The number of halogens is 1. The number of ether oxygens (including phenoxy) is 1. The predicted molar refractivity (Wildman–Crippen MR) is 110 cm³/mol. The first-order valence-electron chi connectivity index (χ1n) is 10.0. The van der Waals surface area contributed by atoms with Gasteiger partial charge in [-0.2, -0.15) is 0 Å². The summed E-state index contributed by atoms with van der Waals surface area (Å²) in [7, 11) is 0. The van der Waals surface area contributed by atoms with Crippen molar-refractivity contribution >= 4 is 11.6 Å². The smallest absolute Gasteiger partial charge is 0.116 e. The van der Waals surface area contributed by atoms with E-state index in [4.69, 9.17) is 16.3 Å². The van der Waals surface area contributed by atoms with Gasteiger partial charge in [-0.3, -0.25) is 9.80 Å². The van der Waals surface area contributed by atoms with Crippen molar-refractivity contribution in [3.05, 3.63) is 47.0 Å². The third-order valence-corrected chi connectivity index (χ3v) is 6.58. The minimum Gasteiger partial charge on any atom is -0.379 e. The number of likely N-dealkylation sites (tertiary alicyclic amines) is 1. The molecule has 0 aliphatic carbocycles. The summed E-state index contributed by atoms with van der Waals surface area (Å²) in [6.07, 6.45) is 3.54. The second kappa shape index (κ2) is 8.88. The highest BCUT2D eigenvalue weighted by Crippen LogP contribution is 2.38. The Labute approximate surface area is 164 Å². The molecule has 0 spiro atoms. The fourth-order valence-electron chi connectivity index (χ4n) is 4.33. The summed E-state index contributed by atoms with van der Waals surface area (Å²) in [6, 6.07) is 11.4. The first kappa shape index (κ1) is 19.9. The lowest BCUT2D eigenvalue weighted by Crippen LogP contribution is -2.51. The zero-order valence-electron chi connectivity index (χ0n) is 16.5. The van der Waals surface area contributed by atoms with Crippen molar-refractivity contribution in [1.82, 2.24) is 9.80 Å².